The molecule has 1 aliphatic heterocycles. The van der Waals surface area contributed by atoms with E-state index in [4.69, 9.17) is 4.98 Å². The smallest absolute Gasteiger partial charge is 0.317 e. The number of halogens is 1. The largest absolute Gasteiger partial charge is 0.604 e. The Morgan fingerprint density at radius 2 is 1.75 bits per heavy atom. The van der Waals surface area contributed by atoms with Crippen molar-refractivity contribution in [3.63, 3.8) is 0 Å². The zero-order valence-corrected chi connectivity index (χ0v) is 19.0. The molecular weight excluding hydrogens is 429 g/mol. The fraction of sp³-hybridized carbons (Fsp3) is 0.348. The molecular formula is C23H24FN5O2S. The second kappa shape index (κ2) is 7.60. The molecule has 1 atom stereocenters. The monoisotopic (exact) mass is 453 g/mol. The van der Waals surface area contributed by atoms with E-state index in [0.29, 0.717) is 48.4 Å². The number of hydrogen-bond acceptors (Lipinski definition) is 6. The van der Waals surface area contributed by atoms with Gasteiger partial charge in [0.25, 0.3) is 0 Å². The molecule has 32 heavy (non-hydrogen) atoms. The van der Waals surface area contributed by atoms with Crippen LogP contribution in [-0.4, -0.2) is 43.6 Å². The number of alkyl halides is 1. The van der Waals surface area contributed by atoms with Crippen LogP contribution >= 0.6 is 0 Å². The molecule has 9 heteroatoms. The predicted octanol–water partition coefficient (Wildman–Crippen LogP) is 4.19. The summed E-state index contributed by atoms with van der Waals surface area (Å²) in [6.45, 7) is 6.55. The second-order valence-corrected chi connectivity index (χ2v) is 10.3. The van der Waals surface area contributed by atoms with Crippen LogP contribution in [0.2, 0.25) is 0 Å². The van der Waals surface area contributed by atoms with Gasteiger partial charge in [-0.2, -0.15) is 4.52 Å². The van der Waals surface area contributed by atoms with Gasteiger partial charge in [-0.1, -0.05) is 44.3 Å². The summed E-state index contributed by atoms with van der Waals surface area (Å²) in [5, 5.41) is 8.90. The number of aromatic nitrogens is 4. The number of sulfone groups is 1. The number of para-hydroxylation sites is 1. The SMILES string of the molecule is Cc1cc(C)c([S+](=O)([O-])c2nnn3c2nc(N2CCC(F)CC2)c2ccccc23)c(C)c1. The van der Waals surface area contributed by atoms with Crippen molar-refractivity contribution >= 4 is 32.6 Å². The number of rotatable bonds is 3. The van der Waals surface area contributed by atoms with Crippen LogP contribution in [-0.2, 0) is 14.4 Å². The molecule has 5 rings (SSSR count). The third-order valence-corrected chi connectivity index (χ3v) is 8.01. The molecule has 0 spiro atoms. The van der Waals surface area contributed by atoms with E-state index >= 15 is 0 Å². The molecule has 4 aromatic rings. The normalized spacial score (nSPS) is 17.2. The molecule has 0 N–H and O–H groups in total. The third-order valence-electron chi connectivity index (χ3n) is 6.05. The van der Waals surface area contributed by atoms with Crippen molar-refractivity contribution in [1.82, 2.24) is 19.8 Å². The van der Waals surface area contributed by atoms with Crippen LogP contribution in [0.5, 0.6) is 0 Å². The molecule has 1 unspecified atom stereocenters. The van der Waals surface area contributed by atoms with Gasteiger partial charge in [-0.25, -0.2) is 9.37 Å². The Hall–Kier alpha value is -2.91. The first-order valence-electron chi connectivity index (χ1n) is 10.6. The van der Waals surface area contributed by atoms with Crippen molar-refractivity contribution < 1.29 is 13.2 Å². The average Bonchev–Trinajstić information content (AvgIpc) is 3.18. The Morgan fingerprint density at radius 3 is 2.44 bits per heavy atom. The van der Waals surface area contributed by atoms with Gasteiger partial charge >= 0.3 is 5.03 Å². The summed E-state index contributed by atoms with van der Waals surface area (Å²) in [6.07, 6.45) is 0.0262. The van der Waals surface area contributed by atoms with Gasteiger partial charge in [0.15, 0.2) is 4.90 Å². The Labute approximate surface area is 186 Å². The molecule has 0 amide bonds. The fourth-order valence-electron chi connectivity index (χ4n) is 4.69. The van der Waals surface area contributed by atoms with E-state index in [0.717, 1.165) is 10.9 Å². The van der Waals surface area contributed by atoms with Gasteiger partial charge in [-0.05, 0) is 45.7 Å². The summed E-state index contributed by atoms with van der Waals surface area (Å²) in [5.41, 5.74) is 3.21. The quantitative estimate of drug-likeness (QED) is 0.433. The summed E-state index contributed by atoms with van der Waals surface area (Å²) >= 11 is 0. The lowest BCUT2D eigenvalue weighted by Gasteiger charge is -2.30. The molecule has 7 nitrogen and oxygen atoms in total. The van der Waals surface area contributed by atoms with E-state index < -0.39 is 16.4 Å². The second-order valence-electron chi connectivity index (χ2n) is 8.48. The van der Waals surface area contributed by atoms with Crippen LogP contribution in [0.4, 0.5) is 10.2 Å². The van der Waals surface area contributed by atoms with Crippen LogP contribution in [0.25, 0.3) is 16.6 Å². The van der Waals surface area contributed by atoms with Gasteiger partial charge in [0.1, 0.15) is 22.2 Å². The lowest BCUT2D eigenvalue weighted by atomic mass is 10.1. The first-order chi connectivity index (χ1) is 15.3. The van der Waals surface area contributed by atoms with Gasteiger partial charge in [0, 0.05) is 29.6 Å². The van der Waals surface area contributed by atoms with Crippen LogP contribution in [0.15, 0.2) is 46.3 Å². The molecule has 1 aliphatic rings. The summed E-state index contributed by atoms with van der Waals surface area (Å²) in [7, 11) is -3.96. The zero-order chi connectivity index (χ0) is 22.6. The molecule has 2 aromatic heterocycles. The highest BCUT2D eigenvalue weighted by Crippen LogP contribution is 2.35. The van der Waals surface area contributed by atoms with Gasteiger partial charge in [0.2, 0.25) is 5.65 Å². The maximum atomic E-state index is 13.8. The average molecular weight is 454 g/mol. The van der Waals surface area contributed by atoms with E-state index in [9.17, 15) is 13.2 Å². The van der Waals surface area contributed by atoms with E-state index in [2.05, 4.69) is 10.3 Å². The molecule has 0 saturated carbocycles. The number of hydrogen-bond donors (Lipinski definition) is 0. The van der Waals surface area contributed by atoms with Crippen molar-refractivity contribution in [2.45, 2.75) is 49.7 Å². The highest BCUT2D eigenvalue weighted by Gasteiger charge is 2.36. The first kappa shape index (κ1) is 21.0. The number of nitrogens with zero attached hydrogens (tertiary/aromatic N) is 5. The van der Waals surface area contributed by atoms with Crippen molar-refractivity contribution in [3.05, 3.63) is 53.1 Å². The van der Waals surface area contributed by atoms with Crippen molar-refractivity contribution in [3.8, 4) is 0 Å². The summed E-state index contributed by atoms with van der Waals surface area (Å²) in [6, 6.07) is 11.2. The van der Waals surface area contributed by atoms with Crippen molar-refractivity contribution in [2.24, 2.45) is 0 Å². The van der Waals surface area contributed by atoms with Crippen LogP contribution < -0.4 is 4.90 Å². The summed E-state index contributed by atoms with van der Waals surface area (Å²) < 4.78 is 42.6. The first-order valence-corrected chi connectivity index (χ1v) is 12.1. The minimum atomic E-state index is -3.96. The van der Waals surface area contributed by atoms with Crippen molar-refractivity contribution in [1.29, 1.82) is 0 Å². The highest BCUT2D eigenvalue weighted by atomic mass is 32.3. The standard InChI is InChI=1S/C23H24FN5O2S/c1-14-12-15(2)20(16(3)13-14)32(30,31)23-22-25-21(28-10-8-17(24)9-11-28)18-6-4-5-7-19(18)29(22)27-26-23/h4-7,12-13,17H,8-11H2,1-3H3. The molecule has 1 saturated heterocycles. The van der Waals surface area contributed by atoms with E-state index in [-0.39, 0.29) is 15.6 Å². The van der Waals surface area contributed by atoms with E-state index in [1.807, 2.05) is 48.2 Å². The maximum absolute atomic E-state index is 13.8. The molecule has 0 bridgehead atoms. The Bertz CT molecular complexity index is 1370. The highest BCUT2D eigenvalue weighted by molar-refractivity contribution is 7.97. The van der Waals surface area contributed by atoms with E-state index in [1.165, 1.54) is 4.52 Å². The van der Waals surface area contributed by atoms with Gasteiger partial charge in [0.05, 0.1) is 5.52 Å². The Balaban J connectivity index is 1.75. The fourth-order valence-corrected chi connectivity index (χ4v) is 6.37. The van der Waals surface area contributed by atoms with Crippen LogP contribution in [0.1, 0.15) is 29.5 Å². The number of fused-ring (bicyclic) bond motifs is 3. The van der Waals surface area contributed by atoms with Gasteiger partial charge in [-0.3, -0.25) is 0 Å². The number of piperidine rings is 1. The lowest BCUT2D eigenvalue weighted by Crippen LogP contribution is -2.35. The molecule has 3 heterocycles. The van der Waals surface area contributed by atoms with Gasteiger partial charge in [-0.15, -0.1) is 0 Å². The summed E-state index contributed by atoms with van der Waals surface area (Å²) in [5.74, 6) is 0.635. The molecule has 0 aliphatic carbocycles. The molecule has 166 valence electrons. The van der Waals surface area contributed by atoms with Crippen LogP contribution in [0, 0.1) is 20.8 Å². The van der Waals surface area contributed by atoms with Crippen molar-refractivity contribution in [2.75, 3.05) is 18.0 Å². The molecule has 2 aromatic carbocycles. The predicted molar refractivity (Wildman–Crippen MR) is 121 cm³/mol. The third kappa shape index (κ3) is 3.27. The van der Waals surface area contributed by atoms with Gasteiger partial charge < -0.3 is 9.45 Å². The van der Waals surface area contributed by atoms with Crippen LogP contribution in [0.3, 0.4) is 0 Å². The lowest BCUT2D eigenvalue weighted by molar-refractivity contribution is 0.277. The zero-order valence-electron chi connectivity index (χ0n) is 18.2. The number of benzene rings is 2. The molecule has 1 fully saturated rings. The Morgan fingerprint density at radius 1 is 1.09 bits per heavy atom. The molecule has 0 radical (unpaired) electrons. The summed E-state index contributed by atoms with van der Waals surface area (Å²) in [4.78, 5) is 7.00. The maximum Gasteiger partial charge on any atom is 0.317 e. The number of aryl methyl sites for hydroxylation is 3. The minimum Gasteiger partial charge on any atom is -0.604 e. The topological polar surface area (TPSA) is 86.4 Å². The minimum absolute atomic E-state index is 0.167. The Kier molecular flexibility index (Phi) is 4.98. The number of anilines is 1. The van der Waals surface area contributed by atoms with E-state index in [1.54, 1.807) is 13.8 Å².